The fraction of sp³-hybridized carbons (Fsp3) is 0.615. The number of morpholine rings is 1. The molecule has 1 aliphatic heterocycles. The molecule has 1 aliphatic rings. The van der Waals surface area contributed by atoms with Crippen LogP contribution in [0.1, 0.15) is 24.6 Å². The van der Waals surface area contributed by atoms with Crippen LogP contribution in [-0.2, 0) is 11.2 Å². The molecule has 1 aromatic rings. The van der Waals surface area contributed by atoms with Gasteiger partial charge in [0, 0.05) is 18.8 Å². The lowest BCUT2D eigenvalue weighted by Gasteiger charge is -2.28. The van der Waals surface area contributed by atoms with Gasteiger partial charge in [-0.3, -0.25) is 0 Å². The van der Waals surface area contributed by atoms with Crippen LogP contribution >= 0.6 is 0 Å². The number of nitrogens with zero attached hydrogens (tertiary/aromatic N) is 2. The molecule has 1 fully saturated rings. The molecule has 0 spiro atoms. The maximum atomic E-state index is 5.36. The standard InChI is InChI=1S/C13H20N2O/c1-3-4-12-9-11(2)10-13(14-12)15-5-7-16-8-6-15/h9-10H,3-8H2,1-2H3. The van der Waals surface area contributed by atoms with Crippen molar-refractivity contribution < 1.29 is 4.74 Å². The molecule has 3 heteroatoms. The van der Waals surface area contributed by atoms with Crippen molar-refractivity contribution in [3.8, 4) is 0 Å². The lowest BCUT2D eigenvalue weighted by Crippen LogP contribution is -2.36. The van der Waals surface area contributed by atoms with Crippen LogP contribution in [0.2, 0.25) is 0 Å². The molecule has 1 saturated heterocycles. The summed E-state index contributed by atoms with van der Waals surface area (Å²) in [4.78, 5) is 7.03. The summed E-state index contributed by atoms with van der Waals surface area (Å²) in [6.45, 7) is 7.89. The van der Waals surface area contributed by atoms with Crippen molar-refractivity contribution in [2.45, 2.75) is 26.7 Å². The Morgan fingerprint density at radius 3 is 2.75 bits per heavy atom. The molecular weight excluding hydrogens is 200 g/mol. The Hall–Kier alpha value is -1.09. The summed E-state index contributed by atoms with van der Waals surface area (Å²) in [5.41, 5.74) is 2.52. The van der Waals surface area contributed by atoms with E-state index in [1.807, 2.05) is 0 Å². The third-order valence-electron chi connectivity index (χ3n) is 2.85. The number of aromatic nitrogens is 1. The Balaban J connectivity index is 2.18. The lowest BCUT2D eigenvalue weighted by atomic mass is 10.1. The highest BCUT2D eigenvalue weighted by molar-refractivity contribution is 5.42. The summed E-state index contributed by atoms with van der Waals surface area (Å²) in [5, 5.41) is 0. The zero-order valence-electron chi connectivity index (χ0n) is 10.2. The van der Waals surface area contributed by atoms with Gasteiger partial charge in [0.2, 0.25) is 0 Å². The number of hydrogen-bond acceptors (Lipinski definition) is 3. The fourth-order valence-electron chi connectivity index (χ4n) is 2.06. The number of anilines is 1. The zero-order valence-corrected chi connectivity index (χ0v) is 10.2. The van der Waals surface area contributed by atoms with E-state index in [1.54, 1.807) is 0 Å². The molecule has 0 unspecified atom stereocenters. The Morgan fingerprint density at radius 2 is 2.06 bits per heavy atom. The number of rotatable bonds is 3. The smallest absolute Gasteiger partial charge is 0.129 e. The van der Waals surface area contributed by atoms with E-state index in [4.69, 9.17) is 9.72 Å². The maximum absolute atomic E-state index is 5.36. The first-order valence-corrected chi connectivity index (χ1v) is 6.10. The summed E-state index contributed by atoms with van der Waals surface area (Å²) in [7, 11) is 0. The van der Waals surface area contributed by atoms with Crippen LogP contribution in [0.3, 0.4) is 0 Å². The first-order valence-electron chi connectivity index (χ1n) is 6.10. The highest BCUT2D eigenvalue weighted by atomic mass is 16.5. The number of hydrogen-bond donors (Lipinski definition) is 0. The predicted molar refractivity (Wildman–Crippen MR) is 66.0 cm³/mol. The van der Waals surface area contributed by atoms with Crippen molar-refractivity contribution in [3.05, 3.63) is 23.4 Å². The zero-order chi connectivity index (χ0) is 11.4. The minimum absolute atomic E-state index is 0.818. The molecule has 0 amide bonds. The van der Waals surface area contributed by atoms with Crippen LogP contribution in [0.15, 0.2) is 12.1 Å². The maximum Gasteiger partial charge on any atom is 0.129 e. The topological polar surface area (TPSA) is 25.4 Å². The summed E-state index contributed by atoms with van der Waals surface area (Å²) < 4.78 is 5.36. The normalized spacial score (nSPS) is 16.5. The van der Waals surface area contributed by atoms with Gasteiger partial charge in [0.1, 0.15) is 5.82 Å². The summed E-state index contributed by atoms with van der Waals surface area (Å²) in [5.74, 6) is 1.12. The Labute approximate surface area is 97.4 Å². The summed E-state index contributed by atoms with van der Waals surface area (Å²) >= 11 is 0. The van der Waals surface area contributed by atoms with Crippen molar-refractivity contribution >= 4 is 5.82 Å². The molecule has 3 nitrogen and oxygen atoms in total. The van der Waals surface area contributed by atoms with Crippen molar-refractivity contribution in [2.75, 3.05) is 31.2 Å². The average Bonchev–Trinajstić information content (AvgIpc) is 2.30. The van der Waals surface area contributed by atoms with E-state index < -0.39 is 0 Å². The number of pyridine rings is 1. The molecule has 0 atom stereocenters. The Bertz CT molecular complexity index is 346. The molecule has 0 aliphatic carbocycles. The molecule has 0 aromatic carbocycles. The van der Waals surface area contributed by atoms with E-state index in [1.165, 1.54) is 11.3 Å². The van der Waals surface area contributed by atoms with Crippen LogP contribution in [-0.4, -0.2) is 31.3 Å². The quantitative estimate of drug-likeness (QED) is 0.780. The van der Waals surface area contributed by atoms with Gasteiger partial charge in [-0.1, -0.05) is 13.3 Å². The molecule has 2 rings (SSSR count). The van der Waals surface area contributed by atoms with Crippen molar-refractivity contribution in [1.82, 2.24) is 4.98 Å². The van der Waals surface area contributed by atoms with Crippen molar-refractivity contribution in [2.24, 2.45) is 0 Å². The second kappa shape index (κ2) is 5.30. The minimum atomic E-state index is 0.818. The van der Waals surface area contributed by atoms with E-state index in [9.17, 15) is 0 Å². The van der Waals surface area contributed by atoms with Crippen molar-refractivity contribution in [3.63, 3.8) is 0 Å². The molecule has 0 radical (unpaired) electrons. The van der Waals surface area contributed by atoms with E-state index in [0.29, 0.717) is 0 Å². The Morgan fingerprint density at radius 1 is 1.31 bits per heavy atom. The van der Waals surface area contributed by atoms with E-state index in [0.717, 1.165) is 45.0 Å². The van der Waals surface area contributed by atoms with Gasteiger partial charge in [-0.2, -0.15) is 0 Å². The third kappa shape index (κ3) is 2.73. The largest absolute Gasteiger partial charge is 0.378 e. The highest BCUT2D eigenvalue weighted by Crippen LogP contribution is 2.16. The van der Waals surface area contributed by atoms with Gasteiger partial charge in [0.15, 0.2) is 0 Å². The number of aryl methyl sites for hydroxylation is 2. The lowest BCUT2D eigenvalue weighted by molar-refractivity contribution is 0.122. The van der Waals surface area contributed by atoms with Crippen LogP contribution < -0.4 is 4.90 Å². The van der Waals surface area contributed by atoms with E-state index >= 15 is 0 Å². The van der Waals surface area contributed by atoms with Gasteiger partial charge < -0.3 is 9.64 Å². The fourth-order valence-corrected chi connectivity index (χ4v) is 2.06. The van der Waals surface area contributed by atoms with Gasteiger partial charge >= 0.3 is 0 Å². The Kier molecular flexibility index (Phi) is 3.78. The van der Waals surface area contributed by atoms with Gasteiger partial charge in [0.25, 0.3) is 0 Å². The molecule has 0 N–H and O–H groups in total. The molecule has 16 heavy (non-hydrogen) atoms. The van der Waals surface area contributed by atoms with E-state index in [2.05, 4.69) is 30.9 Å². The molecule has 1 aromatic heterocycles. The van der Waals surface area contributed by atoms with Gasteiger partial charge in [-0.25, -0.2) is 4.98 Å². The monoisotopic (exact) mass is 220 g/mol. The first kappa shape index (κ1) is 11.4. The minimum Gasteiger partial charge on any atom is -0.378 e. The predicted octanol–water partition coefficient (Wildman–Crippen LogP) is 2.18. The number of ether oxygens (including phenoxy) is 1. The van der Waals surface area contributed by atoms with E-state index in [-0.39, 0.29) is 0 Å². The molecular formula is C13H20N2O. The third-order valence-corrected chi connectivity index (χ3v) is 2.85. The highest BCUT2D eigenvalue weighted by Gasteiger charge is 2.13. The molecule has 2 heterocycles. The summed E-state index contributed by atoms with van der Waals surface area (Å²) in [6.07, 6.45) is 2.22. The average molecular weight is 220 g/mol. The molecule has 88 valence electrons. The van der Waals surface area contributed by atoms with Crippen LogP contribution in [0, 0.1) is 6.92 Å². The molecule has 0 bridgehead atoms. The van der Waals surface area contributed by atoms with Crippen molar-refractivity contribution in [1.29, 1.82) is 0 Å². The van der Waals surface area contributed by atoms with Gasteiger partial charge in [0.05, 0.1) is 13.2 Å². The van der Waals surface area contributed by atoms with Crippen LogP contribution in [0.5, 0.6) is 0 Å². The van der Waals surface area contributed by atoms with Crippen LogP contribution in [0.25, 0.3) is 0 Å². The second-order valence-corrected chi connectivity index (χ2v) is 4.34. The van der Waals surface area contributed by atoms with Gasteiger partial charge in [-0.05, 0) is 31.0 Å². The molecule has 0 saturated carbocycles. The SMILES string of the molecule is CCCc1cc(C)cc(N2CCOCC2)n1. The van der Waals surface area contributed by atoms with Crippen LogP contribution in [0.4, 0.5) is 5.82 Å². The van der Waals surface area contributed by atoms with Gasteiger partial charge in [-0.15, -0.1) is 0 Å². The first-order chi connectivity index (χ1) is 7.79. The second-order valence-electron chi connectivity index (χ2n) is 4.34. The summed E-state index contributed by atoms with van der Waals surface area (Å²) in [6, 6.07) is 4.36.